The van der Waals surface area contributed by atoms with Crippen LogP contribution >= 0.6 is 34.5 Å². The third-order valence-electron chi connectivity index (χ3n) is 3.56. The Morgan fingerprint density at radius 2 is 2.00 bits per heavy atom. The van der Waals surface area contributed by atoms with Crippen molar-refractivity contribution in [2.75, 3.05) is 5.32 Å². The van der Waals surface area contributed by atoms with Crippen LogP contribution in [0.1, 0.15) is 10.4 Å². The van der Waals surface area contributed by atoms with Crippen LogP contribution in [0.5, 0.6) is 0 Å². The van der Waals surface area contributed by atoms with Gasteiger partial charge in [-0.15, -0.1) is 0 Å². The molecule has 5 nitrogen and oxygen atoms in total. The number of para-hydroxylation sites is 1. The largest absolute Gasteiger partial charge is 0.463 e. The Bertz CT molecular complexity index is 1200. The number of hydrogen-bond donors (Lipinski definition) is 1. The lowest BCUT2D eigenvalue weighted by molar-refractivity contribution is 0.102. The predicted molar refractivity (Wildman–Crippen MR) is 100 cm³/mol. The number of thiazole rings is 1. The van der Waals surface area contributed by atoms with E-state index < -0.39 is 11.3 Å². The van der Waals surface area contributed by atoms with Crippen molar-refractivity contribution in [1.29, 1.82) is 0 Å². The standard InChI is InChI=1S/C17H8Cl2N2O3S/c18-8-5-11(19)14-13(6-8)25-17(20-14)21-16(23)10-7-24-12-4-2-1-3-9(12)15(10)22/h1-7H,(H,20,21,23). The second-order valence-corrected chi connectivity index (χ2v) is 7.06. The van der Waals surface area contributed by atoms with Crippen molar-refractivity contribution in [3.63, 3.8) is 0 Å². The van der Waals surface area contributed by atoms with Crippen LogP contribution in [0.4, 0.5) is 5.13 Å². The summed E-state index contributed by atoms with van der Waals surface area (Å²) in [5.74, 6) is -0.597. The Morgan fingerprint density at radius 3 is 2.84 bits per heavy atom. The summed E-state index contributed by atoms with van der Waals surface area (Å²) >= 11 is 13.3. The number of nitrogens with zero attached hydrogens (tertiary/aromatic N) is 1. The van der Waals surface area contributed by atoms with Crippen molar-refractivity contribution in [3.8, 4) is 0 Å². The first-order valence-corrected chi connectivity index (χ1v) is 8.67. The van der Waals surface area contributed by atoms with Gasteiger partial charge < -0.3 is 4.42 Å². The third kappa shape index (κ3) is 2.89. The normalized spacial score (nSPS) is 11.1. The number of benzene rings is 2. The van der Waals surface area contributed by atoms with Crippen molar-refractivity contribution in [1.82, 2.24) is 4.98 Å². The SMILES string of the molecule is O=C(Nc1nc2c(Cl)cc(Cl)cc2s1)c1coc2ccccc2c1=O. The molecule has 2 aromatic carbocycles. The van der Waals surface area contributed by atoms with E-state index in [-0.39, 0.29) is 5.56 Å². The Labute approximate surface area is 154 Å². The average Bonchev–Trinajstić information content (AvgIpc) is 2.98. The van der Waals surface area contributed by atoms with E-state index in [1.165, 1.54) is 11.3 Å². The number of anilines is 1. The molecule has 2 aromatic heterocycles. The minimum Gasteiger partial charge on any atom is -0.463 e. The number of nitrogens with one attached hydrogen (secondary N) is 1. The van der Waals surface area contributed by atoms with E-state index in [1.807, 2.05) is 0 Å². The lowest BCUT2D eigenvalue weighted by Gasteiger charge is -2.02. The molecule has 0 saturated carbocycles. The number of rotatable bonds is 2. The maximum Gasteiger partial charge on any atom is 0.264 e. The fourth-order valence-electron chi connectivity index (χ4n) is 2.41. The van der Waals surface area contributed by atoms with Gasteiger partial charge in [0.15, 0.2) is 5.13 Å². The highest BCUT2D eigenvalue weighted by molar-refractivity contribution is 7.22. The smallest absolute Gasteiger partial charge is 0.264 e. The molecule has 0 aliphatic heterocycles. The van der Waals surface area contributed by atoms with Crippen molar-refractivity contribution in [2.45, 2.75) is 0 Å². The van der Waals surface area contributed by atoms with Gasteiger partial charge in [-0.25, -0.2) is 4.98 Å². The number of carbonyl (C=O) groups excluding carboxylic acids is 1. The summed E-state index contributed by atoms with van der Waals surface area (Å²) in [6, 6.07) is 10.0. The number of fused-ring (bicyclic) bond motifs is 2. The molecule has 4 aromatic rings. The molecular formula is C17H8Cl2N2O3S. The van der Waals surface area contributed by atoms with Crippen LogP contribution in [0.3, 0.4) is 0 Å². The summed E-state index contributed by atoms with van der Waals surface area (Å²) in [6.07, 6.45) is 1.15. The minimum atomic E-state index is -0.597. The van der Waals surface area contributed by atoms with Gasteiger partial charge in [-0.1, -0.05) is 46.7 Å². The first kappa shape index (κ1) is 16.1. The predicted octanol–water partition coefficient (Wildman–Crippen LogP) is 4.96. The molecule has 4 rings (SSSR count). The van der Waals surface area contributed by atoms with Crippen molar-refractivity contribution < 1.29 is 9.21 Å². The van der Waals surface area contributed by atoms with Crippen molar-refractivity contribution in [2.24, 2.45) is 0 Å². The molecule has 0 saturated heterocycles. The van der Waals surface area contributed by atoms with Gasteiger partial charge in [0.25, 0.3) is 5.91 Å². The van der Waals surface area contributed by atoms with Crippen LogP contribution in [-0.2, 0) is 0 Å². The van der Waals surface area contributed by atoms with E-state index in [0.29, 0.717) is 31.7 Å². The molecule has 2 heterocycles. The summed E-state index contributed by atoms with van der Waals surface area (Å²) in [7, 11) is 0. The van der Waals surface area contributed by atoms with Gasteiger partial charge in [0.2, 0.25) is 5.43 Å². The van der Waals surface area contributed by atoms with Gasteiger partial charge in [-0.3, -0.25) is 14.9 Å². The lowest BCUT2D eigenvalue weighted by Crippen LogP contribution is -2.21. The maximum atomic E-state index is 12.5. The molecule has 8 heteroatoms. The van der Waals surface area contributed by atoms with Gasteiger partial charge in [0.1, 0.15) is 22.9 Å². The zero-order valence-corrected chi connectivity index (χ0v) is 14.7. The Morgan fingerprint density at radius 1 is 1.20 bits per heavy atom. The van der Waals surface area contributed by atoms with E-state index in [9.17, 15) is 9.59 Å². The topological polar surface area (TPSA) is 72.2 Å². The summed E-state index contributed by atoms with van der Waals surface area (Å²) in [5, 5.41) is 4.14. The average molecular weight is 391 g/mol. The zero-order valence-electron chi connectivity index (χ0n) is 12.4. The number of carbonyl (C=O) groups is 1. The van der Waals surface area contributed by atoms with Crippen LogP contribution in [0.2, 0.25) is 10.0 Å². The van der Waals surface area contributed by atoms with Gasteiger partial charge in [-0.05, 0) is 24.3 Å². The zero-order chi connectivity index (χ0) is 17.6. The maximum absolute atomic E-state index is 12.5. The first-order chi connectivity index (χ1) is 12.0. The summed E-state index contributed by atoms with van der Waals surface area (Å²) in [4.78, 5) is 29.2. The molecule has 0 fully saturated rings. The van der Waals surface area contributed by atoms with Crippen LogP contribution in [0, 0.1) is 0 Å². The van der Waals surface area contributed by atoms with Crippen molar-refractivity contribution in [3.05, 3.63) is 68.5 Å². The van der Waals surface area contributed by atoms with E-state index >= 15 is 0 Å². The molecule has 0 atom stereocenters. The molecule has 0 radical (unpaired) electrons. The fraction of sp³-hybridized carbons (Fsp3) is 0. The summed E-state index contributed by atoms with van der Waals surface area (Å²) in [6.45, 7) is 0. The fourth-order valence-corrected chi connectivity index (χ4v) is 3.99. The van der Waals surface area contributed by atoms with Gasteiger partial charge >= 0.3 is 0 Å². The van der Waals surface area contributed by atoms with E-state index in [1.54, 1.807) is 36.4 Å². The molecule has 1 amide bonds. The number of aromatic nitrogens is 1. The molecule has 25 heavy (non-hydrogen) atoms. The minimum absolute atomic E-state index is 0.0953. The molecule has 0 unspecified atom stereocenters. The highest BCUT2D eigenvalue weighted by Gasteiger charge is 2.17. The van der Waals surface area contributed by atoms with Gasteiger partial charge in [0, 0.05) is 5.02 Å². The van der Waals surface area contributed by atoms with Gasteiger partial charge in [0.05, 0.1) is 15.1 Å². The Balaban J connectivity index is 1.72. The Kier molecular flexibility index (Phi) is 3.95. The second-order valence-electron chi connectivity index (χ2n) is 5.18. The van der Waals surface area contributed by atoms with Crippen LogP contribution in [0.25, 0.3) is 21.2 Å². The molecular weight excluding hydrogens is 383 g/mol. The molecule has 0 aliphatic carbocycles. The first-order valence-electron chi connectivity index (χ1n) is 7.10. The van der Waals surface area contributed by atoms with Crippen LogP contribution in [0.15, 0.2) is 51.9 Å². The van der Waals surface area contributed by atoms with Crippen LogP contribution < -0.4 is 10.7 Å². The van der Waals surface area contributed by atoms with Crippen molar-refractivity contribution >= 4 is 66.8 Å². The molecule has 0 bridgehead atoms. The van der Waals surface area contributed by atoms with E-state index in [2.05, 4.69) is 10.3 Å². The van der Waals surface area contributed by atoms with Crippen LogP contribution in [-0.4, -0.2) is 10.9 Å². The monoisotopic (exact) mass is 390 g/mol. The highest BCUT2D eigenvalue weighted by atomic mass is 35.5. The highest BCUT2D eigenvalue weighted by Crippen LogP contribution is 2.33. The lowest BCUT2D eigenvalue weighted by atomic mass is 10.1. The molecule has 124 valence electrons. The third-order valence-corrected chi connectivity index (χ3v) is 4.98. The number of halogens is 2. The molecule has 0 aliphatic rings. The van der Waals surface area contributed by atoms with Gasteiger partial charge in [-0.2, -0.15) is 0 Å². The molecule has 1 N–H and O–H groups in total. The summed E-state index contributed by atoms with van der Waals surface area (Å²) in [5.41, 5.74) is 0.464. The second kappa shape index (κ2) is 6.15. The van der Waals surface area contributed by atoms with E-state index in [4.69, 9.17) is 27.6 Å². The number of amides is 1. The Hall–Kier alpha value is -2.41. The molecule has 0 spiro atoms. The summed E-state index contributed by atoms with van der Waals surface area (Å²) < 4.78 is 6.09. The van der Waals surface area contributed by atoms with E-state index in [0.717, 1.165) is 11.0 Å². The number of hydrogen-bond acceptors (Lipinski definition) is 5. The quantitative estimate of drug-likeness (QED) is 0.524.